The fraction of sp³-hybridized carbons (Fsp3) is 0. The van der Waals surface area contributed by atoms with Gasteiger partial charge in [0.25, 0.3) is 0 Å². The van der Waals surface area contributed by atoms with Gasteiger partial charge in [-0.05, 0) is 5.39 Å². The van der Waals surface area contributed by atoms with Crippen molar-refractivity contribution in [3.8, 4) is 0 Å². The first-order valence-electron chi connectivity index (χ1n) is 4.37. The van der Waals surface area contributed by atoms with Crippen LogP contribution < -0.4 is 5.46 Å². The maximum Gasteiger partial charge on any atom is 0.512 e. The third-order valence-corrected chi connectivity index (χ3v) is 2.25. The molecule has 0 unspecified atom stereocenters. The summed E-state index contributed by atoms with van der Waals surface area (Å²) in [6.45, 7) is -5.29. The molecule has 0 fully saturated rings. The lowest BCUT2D eigenvalue weighted by molar-refractivity contribution is 0.495. The molecule has 2 rings (SSSR count). The molecule has 0 spiro atoms. The minimum Gasteiger partial charge on any atom is -0.445 e. The van der Waals surface area contributed by atoms with E-state index < -0.39 is 18.3 Å². The number of rotatable bonds is 1. The summed E-state index contributed by atoms with van der Waals surface area (Å²) in [5.74, 6) is -1.18. The van der Waals surface area contributed by atoms with Crippen LogP contribution in [0.1, 0.15) is 0 Å². The van der Waals surface area contributed by atoms with E-state index in [0.717, 1.165) is 6.07 Å². The van der Waals surface area contributed by atoms with Crippen LogP contribution in [0.3, 0.4) is 0 Å². The molecule has 15 heavy (non-hydrogen) atoms. The molecule has 0 radical (unpaired) electrons. The van der Waals surface area contributed by atoms with E-state index in [9.17, 15) is 17.3 Å². The fourth-order valence-corrected chi connectivity index (χ4v) is 1.50. The minimum atomic E-state index is -5.29. The van der Waals surface area contributed by atoms with Gasteiger partial charge in [-0.2, -0.15) is 0 Å². The summed E-state index contributed by atoms with van der Waals surface area (Å²) in [4.78, 5) is 0. The highest BCUT2D eigenvalue weighted by molar-refractivity contribution is 6.73. The van der Waals surface area contributed by atoms with Crippen molar-refractivity contribution < 1.29 is 17.3 Å². The Hall–Kier alpha value is -1.52. The van der Waals surface area contributed by atoms with Gasteiger partial charge in [-0.3, -0.25) is 0 Å². The Balaban J connectivity index is 2.76. The maximum absolute atomic E-state index is 13.5. The van der Waals surface area contributed by atoms with Crippen LogP contribution in [0.25, 0.3) is 10.8 Å². The van der Waals surface area contributed by atoms with E-state index in [2.05, 4.69) is 0 Å². The number of fused-ring (bicyclic) bond motifs is 1. The van der Waals surface area contributed by atoms with Crippen molar-refractivity contribution in [1.29, 1.82) is 0 Å². The summed E-state index contributed by atoms with van der Waals surface area (Å²) >= 11 is 0. The molecular weight excluding hydrogens is 207 g/mol. The van der Waals surface area contributed by atoms with Gasteiger partial charge >= 0.3 is 6.98 Å². The summed E-state index contributed by atoms with van der Waals surface area (Å²) < 4.78 is 50.7. The Bertz CT molecular complexity index is 504. The van der Waals surface area contributed by atoms with E-state index >= 15 is 0 Å². The van der Waals surface area contributed by atoms with Crippen molar-refractivity contribution in [3.63, 3.8) is 0 Å². The van der Waals surface area contributed by atoms with Gasteiger partial charge < -0.3 is 12.9 Å². The van der Waals surface area contributed by atoms with Crippen LogP contribution in [0.4, 0.5) is 17.3 Å². The van der Waals surface area contributed by atoms with Gasteiger partial charge in [0.05, 0.1) is 0 Å². The molecule has 0 aliphatic heterocycles. The Morgan fingerprint density at radius 3 is 2.20 bits per heavy atom. The second kappa shape index (κ2) is 3.26. The van der Waals surface area contributed by atoms with E-state index in [1.54, 1.807) is 12.1 Å². The molecule has 0 heterocycles. The van der Waals surface area contributed by atoms with Crippen LogP contribution in [0.5, 0.6) is 0 Å². The van der Waals surface area contributed by atoms with Gasteiger partial charge in [-0.15, -0.1) is 0 Å². The zero-order chi connectivity index (χ0) is 11.1. The Labute approximate surface area is 83.6 Å². The summed E-state index contributed by atoms with van der Waals surface area (Å²) in [6.07, 6.45) is 0. The van der Waals surface area contributed by atoms with Crippen molar-refractivity contribution in [3.05, 3.63) is 42.2 Å². The predicted octanol–water partition coefficient (Wildman–Crippen LogP) is 3.03. The summed E-state index contributed by atoms with van der Waals surface area (Å²) in [5, 5.41) is 0.480. The third-order valence-electron chi connectivity index (χ3n) is 2.25. The van der Waals surface area contributed by atoms with E-state index in [1.165, 1.54) is 18.2 Å². The second-order valence-electron chi connectivity index (χ2n) is 3.26. The highest BCUT2D eigenvalue weighted by Crippen LogP contribution is 2.19. The fourth-order valence-electron chi connectivity index (χ4n) is 1.50. The van der Waals surface area contributed by atoms with Crippen LogP contribution in [0.15, 0.2) is 36.4 Å². The average molecular weight is 213 g/mol. The number of hydrogen-bond donors (Lipinski definition) is 0. The van der Waals surface area contributed by atoms with Crippen molar-refractivity contribution in [1.82, 2.24) is 0 Å². The lowest BCUT2D eigenvalue weighted by Crippen LogP contribution is -2.36. The largest absolute Gasteiger partial charge is 0.512 e. The summed E-state index contributed by atoms with van der Waals surface area (Å²) in [6, 6.07) is 8.15. The first-order valence-corrected chi connectivity index (χ1v) is 4.37. The molecule has 0 saturated carbocycles. The van der Waals surface area contributed by atoms with Crippen molar-refractivity contribution in [2.24, 2.45) is 0 Å². The third kappa shape index (κ3) is 1.69. The van der Waals surface area contributed by atoms with E-state index in [-0.39, 0.29) is 5.39 Å². The molecular formula is C10H6BF4-. The van der Waals surface area contributed by atoms with Crippen molar-refractivity contribution in [2.45, 2.75) is 0 Å². The quantitative estimate of drug-likeness (QED) is 0.504. The Morgan fingerprint density at radius 2 is 1.53 bits per heavy atom. The van der Waals surface area contributed by atoms with Crippen LogP contribution >= 0.6 is 0 Å². The molecule has 0 atom stereocenters. The molecule has 0 aromatic heterocycles. The predicted molar refractivity (Wildman–Crippen MR) is 52.6 cm³/mol. The normalized spacial score (nSPS) is 12.0. The average Bonchev–Trinajstić information content (AvgIpc) is 2.16. The highest BCUT2D eigenvalue weighted by atomic mass is 19.4. The molecule has 78 valence electrons. The van der Waals surface area contributed by atoms with Gasteiger partial charge in [0.2, 0.25) is 0 Å². The highest BCUT2D eigenvalue weighted by Gasteiger charge is 2.29. The minimum absolute atomic E-state index is 0.00852. The van der Waals surface area contributed by atoms with Gasteiger partial charge in [0, 0.05) is 5.39 Å². The molecule has 2 aromatic rings. The number of hydrogen-bond acceptors (Lipinski definition) is 0. The SMILES string of the molecule is Fc1c([B-](F)(F)F)ccc2ccccc12. The van der Waals surface area contributed by atoms with Crippen LogP contribution in [0, 0.1) is 5.82 Å². The maximum atomic E-state index is 13.5. The standard InChI is InChI=1S/C10H6BF4/c12-10-8-4-2-1-3-7(8)5-6-9(10)11(13,14)15/h1-6H/q-1. The van der Waals surface area contributed by atoms with E-state index in [0.29, 0.717) is 5.39 Å². The van der Waals surface area contributed by atoms with E-state index in [1.807, 2.05) is 0 Å². The molecule has 0 bridgehead atoms. The molecule has 0 aliphatic rings. The monoisotopic (exact) mass is 213 g/mol. The van der Waals surface area contributed by atoms with Gasteiger partial charge in [0.1, 0.15) is 5.82 Å². The Morgan fingerprint density at radius 1 is 0.867 bits per heavy atom. The van der Waals surface area contributed by atoms with Gasteiger partial charge in [-0.25, -0.2) is 4.39 Å². The molecule has 0 nitrogen and oxygen atoms in total. The molecule has 0 aliphatic carbocycles. The molecule has 2 aromatic carbocycles. The molecule has 0 N–H and O–H groups in total. The zero-order valence-corrected chi connectivity index (χ0v) is 7.55. The van der Waals surface area contributed by atoms with Gasteiger partial charge in [-0.1, -0.05) is 41.9 Å². The second-order valence-corrected chi connectivity index (χ2v) is 3.26. The van der Waals surface area contributed by atoms with Crippen LogP contribution in [-0.2, 0) is 0 Å². The van der Waals surface area contributed by atoms with Crippen LogP contribution in [-0.4, -0.2) is 6.98 Å². The van der Waals surface area contributed by atoms with Crippen LogP contribution in [0.2, 0.25) is 0 Å². The lowest BCUT2D eigenvalue weighted by atomic mass is 9.78. The first-order chi connectivity index (χ1) is 7.00. The Kier molecular flexibility index (Phi) is 2.18. The van der Waals surface area contributed by atoms with E-state index in [4.69, 9.17) is 0 Å². The molecule has 0 saturated heterocycles. The summed E-state index contributed by atoms with van der Waals surface area (Å²) in [5.41, 5.74) is -1.16. The van der Waals surface area contributed by atoms with Crippen molar-refractivity contribution >= 4 is 23.2 Å². The first kappa shape index (κ1) is 10.0. The number of halogens is 4. The summed E-state index contributed by atoms with van der Waals surface area (Å²) in [7, 11) is 0. The van der Waals surface area contributed by atoms with Crippen molar-refractivity contribution in [2.75, 3.05) is 0 Å². The number of benzene rings is 2. The lowest BCUT2D eigenvalue weighted by Gasteiger charge is -2.16. The van der Waals surface area contributed by atoms with Gasteiger partial charge in [0.15, 0.2) is 0 Å². The molecule has 0 amide bonds. The topological polar surface area (TPSA) is 0 Å². The smallest absolute Gasteiger partial charge is 0.445 e. The molecule has 5 heteroatoms. The zero-order valence-electron chi connectivity index (χ0n) is 7.55.